The highest BCUT2D eigenvalue weighted by Crippen LogP contribution is 2.27. The van der Waals surface area contributed by atoms with Crippen LogP contribution in [0, 0.1) is 0 Å². The largest absolute Gasteiger partial charge is 0.496 e. The highest BCUT2D eigenvalue weighted by molar-refractivity contribution is 7.92. The number of morpholine rings is 1. The average molecular weight is 601 g/mol. The number of hydrogen-bond acceptors (Lipinski definition) is 7. The molecule has 1 aliphatic heterocycles. The molecule has 202 valence electrons. The molecule has 0 radical (unpaired) electrons. The van der Waals surface area contributed by atoms with Crippen LogP contribution in [0.1, 0.15) is 10.4 Å². The van der Waals surface area contributed by atoms with Gasteiger partial charge in [0.25, 0.3) is 15.9 Å². The van der Waals surface area contributed by atoms with Crippen LogP contribution in [0.4, 0.5) is 11.4 Å². The first-order valence-electron chi connectivity index (χ1n) is 11.2. The Kier molecular flexibility index (Phi) is 8.50. The number of carbonyl (C=O) groups is 1. The van der Waals surface area contributed by atoms with E-state index in [1.807, 2.05) is 0 Å². The molecule has 0 aliphatic carbocycles. The Labute approximate surface area is 230 Å². The van der Waals surface area contributed by atoms with Gasteiger partial charge in [-0.15, -0.1) is 0 Å². The second-order valence-corrected chi connectivity index (χ2v) is 12.6. The lowest BCUT2D eigenvalue weighted by Gasteiger charge is -2.26. The minimum atomic E-state index is -3.97. The fraction of sp³-hybridized carbons (Fsp3) is 0.208. The zero-order valence-corrected chi connectivity index (χ0v) is 23.1. The number of hydrogen-bond donors (Lipinski definition) is 2. The second-order valence-electron chi connectivity index (χ2n) is 8.12. The summed E-state index contributed by atoms with van der Waals surface area (Å²) in [5.41, 5.74) is 0.472. The molecule has 1 aliphatic rings. The third kappa shape index (κ3) is 6.40. The Balaban J connectivity index is 1.53. The van der Waals surface area contributed by atoms with E-state index in [4.69, 9.17) is 32.7 Å². The van der Waals surface area contributed by atoms with Gasteiger partial charge in [-0.05, 0) is 60.7 Å². The van der Waals surface area contributed by atoms with E-state index >= 15 is 0 Å². The predicted octanol–water partition coefficient (Wildman–Crippen LogP) is 4.08. The molecule has 0 bridgehead atoms. The van der Waals surface area contributed by atoms with Crippen molar-refractivity contribution in [2.24, 2.45) is 0 Å². The fourth-order valence-electron chi connectivity index (χ4n) is 3.70. The molecular weight excluding hydrogens is 577 g/mol. The number of amides is 1. The van der Waals surface area contributed by atoms with Crippen molar-refractivity contribution in [2.75, 3.05) is 43.5 Å². The van der Waals surface area contributed by atoms with E-state index in [2.05, 4.69) is 10.0 Å². The van der Waals surface area contributed by atoms with E-state index in [1.54, 1.807) is 0 Å². The third-order valence-electron chi connectivity index (χ3n) is 5.56. The van der Waals surface area contributed by atoms with Gasteiger partial charge in [0.1, 0.15) is 5.75 Å². The third-order valence-corrected chi connectivity index (χ3v) is 9.29. The van der Waals surface area contributed by atoms with Crippen molar-refractivity contribution in [1.82, 2.24) is 4.31 Å². The summed E-state index contributed by atoms with van der Waals surface area (Å²) < 4.78 is 65.8. The van der Waals surface area contributed by atoms with Crippen molar-refractivity contribution in [3.63, 3.8) is 0 Å². The number of rotatable bonds is 8. The first kappa shape index (κ1) is 28.1. The van der Waals surface area contributed by atoms with Gasteiger partial charge >= 0.3 is 0 Å². The highest BCUT2D eigenvalue weighted by atomic mass is 35.5. The van der Waals surface area contributed by atoms with Crippen LogP contribution in [0.3, 0.4) is 0 Å². The Bertz CT molecular complexity index is 1540. The van der Waals surface area contributed by atoms with Crippen LogP contribution in [0.5, 0.6) is 5.75 Å². The summed E-state index contributed by atoms with van der Waals surface area (Å²) in [4.78, 5) is 12.9. The highest BCUT2D eigenvalue weighted by Gasteiger charge is 2.28. The van der Waals surface area contributed by atoms with Crippen LogP contribution in [0.25, 0.3) is 0 Å². The standard InChI is InChI=1S/C24H23Cl2N3O7S2/c1-35-23-7-6-21(38(33,34)29-8-10-36-11-9-29)15-22(23)24(30)27-18-2-4-20(5-3-18)37(31,32)28-19-13-16(25)12-17(26)14-19/h2-7,12-15,28H,8-11H2,1H3,(H,27,30). The molecule has 0 spiro atoms. The molecule has 1 amide bonds. The lowest BCUT2D eigenvalue weighted by atomic mass is 10.2. The molecule has 3 aromatic carbocycles. The number of ether oxygens (including phenoxy) is 2. The van der Waals surface area contributed by atoms with Crippen LogP contribution < -0.4 is 14.8 Å². The minimum Gasteiger partial charge on any atom is -0.496 e. The van der Waals surface area contributed by atoms with Crippen molar-refractivity contribution in [3.8, 4) is 5.75 Å². The molecule has 10 nitrogen and oxygen atoms in total. The fourth-order valence-corrected chi connectivity index (χ4v) is 6.70. The van der Waals surface area contributed by atoms with Gasteiger partial charge in [-0.2, -0.15) is 4.31 Å². The molecule has 4 rings (SSSR count). The number of methoxy groups -OCH3 is 1. The molecule has 0 unspecified atom stereocenters. The van der Waals surface area contributed by atoms with Gasteiger partial charge in [-0.3, -0.25) is 9.52 Å². The van der Waals surface area contributed by atoms with Gasteiger partial charge in [0, 0.05) is 28.8 Å². The Morgan fingerprint density at radius 2 is 1.47 bits per heavy atom. The lowest BCUT2D eigenvalue weighted by Crippen LogP contribution is -2.40. The Morgan fingerprint density at radius 3 is 2.08 bits per heavy atom. The van der Waals surface area contributed by atoms with E-state index in [1.165, 1.54) is 72.1 Å². The molecular formula is C24H23Cl2N3O7S2. The van der Waals surface area contributed by atoms with Crippen LogP contribution in [0.15, 0.2) is 70.5 Å². The number of halogens is 2. The van der Waals surface area contributed by atoms with Crippen molar-refractivity contribution in [1.29, 1.82) is 0 Å². The molecule has 2 N–H and O–H groups in total. The van der Waals surface area contributed by atoms with Crippen molar-refractivity contribution in [3.05, 3.63) is 76.3 Å². The molecule has 0 saturated carbocycles. The van der Waals surface area contributed by atoms with E-state index in [-0.39, 0.29) is 68.8 Å². The van der Waals surface area contributed by atoms with E-state index < -0.39 is 26.0 Å². The normalized spacial score (nSPS) is 14.6. The predicted molar refractivity (Wildman–Crippen MR) is 144 cm³/mol. The topological polar surface area (TPSA) is 131 Å². The maximum Gasteiger partial charge on any atom is 0.261 e. The zero-order valence-electron chi connectivity index (χ0n) is 20.0. The molecule has 14 heteroatoms. The molecule has 0 atom stereocenters. The number of anilines is 2. The van der Waals surface area contributed by atoms with Gasteiger partial charge in [0.15, 0.2) is 0 Å². The van der Waals surface area contributed by atoms with Crippen molar-refractivity contribution >= 4 is 60.5 Å². The maximum atomic E-state index is 13.1. The first-order valence-corrected chi connectivity index (χ1v) is 14.8. The summed E-state index contributed by atoms with van der Waals surface area (Å²) in [5, 5.41) is 3.17. The Hall–Kier alpha value is -2.87. The van der Waals surface area contributed by atoms with Gasteiger partial charge in [0.2, 0.25) is 10.0 Å². The quantitative estimate of drug-likeness (QED) is 0.399. The molecule has 38 heavy (non-hydrogen) atoms. The maximum absolute atomic E-state index is 13.1. The van der Waals surface area contributed by atoms with Crippen LogP contribution in [-0.2, 0) is 24.8 Å². The van der Waals surface area contributed by atoms with Crippen molar-refractivity contribution < 1.29 is 31.1 Å². The summed E-state index contributed by atoms with van der Waals surface area (Å²) in [6, 6.07) is 13.8. The van der Waals surface area contributed by atoms with E-state index in [9.17, 15) is 21.6 Å². The zero-order chi connectivity index (χ0) is 27.5. The summed E-state index contributed by atoms with van der Waals surface area (Å²) in [7, 11) is -6.45. The number of benzene rings is 3. The van der Waals surface area contributed by atoms with Gasteiger partial charge in [0.05, 0.1) is 41.4 Å². The summed E-state index contributed by atoms with van der Waals surface area (Å²) in [6.07, 6.45) is 0. The second kappa shape index (κ2) is 11.5. The van der Waals surface area contributed by atoms with Gasteiger partial charge < -0.3 is 14.8 Å². The number of sulfonamides is 2. The summed E-state index contributed by atoms with van der Waals surface area (Å²) in [6.45, 7) is 1.00. The minimum absolute atomic E-state index is 0.00182. The van der Waals surface area contributed by atoms with E-state index in [0.717, 1.165) is 0 Å². The smallest absolute Gasteiger partial charge is 0.261 e. The number of nitrogens with zero attached hydrogens (tertiary/aromatic N) is 1. The number of nitrogens with one attached hydrogen (secondary N) is 2. The summed E-state index contributed by atoms with van der Waals surface area (Å²) >= 11 is 11.9. The van der Waals surface area contributed by atoms with Crippen molar-refractivity contribution in [2.45, 2.75) is 9.79 Å². The molecule has 1 saturated heterocycles. The van der Waals surface area contributed by atoms with Crippen LogP contribution in [0.2, 0.25) is 10.0 Å². The van der Waals surface area contributed by atoms with Gasteiger partial charge in [-0.25, -0.2) is 16.8 Å². The molecule has 3 aromatic rings. The molecule has 1 heterocycles. The first-order chi connectivity index (χ1) is 18.0. The van der Waals surface area contributed by atoms with Crippen LogP contribution >= 0.6 is 23.2 Å². The monoisotopic (exact) mass is 599 g/mol. The lowest BCUT2D eigenvalue weighted by molar-refractivity contribution is 0.0730. The van der Waals surface area contributed by atoms with E-state index in [0.29, 0.717) is 0 Å². The summed E-state index contributed by atoms with van der Waals surface area (Å²) in [5.74, 6) is -0.463. The number of carbonyl (C=O) groups excluding carboxylic acids is 1. The van der Waals surface area contributed by atoms with Gasteiger partial charge in [-0.1, -0.05) is 23.2 Å². The molecule has 0 aromatic heterocycles. The molecule has 1 fully saturated rings. The SMILES string of the molecule is COc1ccc(S(=O)(=O)N2CCOCC2)cc1C(=O)Nc1ccc(S(=O)(=O)Nc2cc(Cl)cc(Cl)c2)cc1. The Morgan fingerprint density at radius 1 is 0.868 bits per heavy atom. The van der Waals surface area contributed by atoms with Crippen LogP contribution in [-0.4, -0.2) is 60.5 Å². The average Bonchev–Trinajstić information content (AvgIpc) is 2.88.